The summed E-state index contributed by atoms with van der Waals surface area (Å²) in [5, 5.41) is 2.42. The van der Waals surface area contributed by atoms with Gasteiger partial charge in [0.1, 0.15) is 0 Å². The average molecular weight is 409 g/mol. The Kier molecular flexibility index (Phi) is 4.62. The van der Waals surface area contributed by atoms with Crippen LogP contribution in [0, 0.1) is 0 Å². The Balaban J connectivity index is 1.21. The lowest BCUT2D eigenvalue weighted by atomic mass is 10.1. The number of guanidine groups is 1. The number of rotatable bonds is 4. The zero-order chi connectivity index (χ0) is 20.8. The molecule has 9 heteroatoms. The van der Waals surface area contributed by atoms with Crippen LogP contribution >= 0.6 is 0 Å². The van der Waals surface area contributed by atoms with Gasteiger partial charge in [0.25, 0.3) is 5.91 Å². The van der Waals surface area contributed by atoms with E-state index in [1.165, 1.54) is 10.6 Å². The molecule has 1 aromatic rings. The lowest BCUT2D eigenvalue weighted by Gasteiger charge is -2.37. The van der Waals surface area contributed by atoms with Crippen molar-refractivity contribution in [2.24, 2.45) is 4.99 Å². The molecule has 4 aliphatic rings. The number of amides is 3. The second-order valence-corrected chi connectivity index (χ2v) is 8.19. The smallest absolute Gasteiger partial charge is 0.325 e. The number of imide groups is 1. The van der Waals surface area contributed by atoms with Crippen LogP contribution in [-0.4, -0.2) is 96.0 Å². The van der Waals surface area contributed by atoms with Crippen molar-refractivity contribution in [3.8, 4) is 0 Å². The van der Waals surface area contributed by atoms with E-state index in [4.69, 9.17) is 4.99 Å². The summed E-state index contributed by atoms with van der Waals surface area (Å²) in [5.41, 5.74) is 2.36. The fourth-order valence-corrected chi connectivity index (χ4v) is 4.63. The molecule has 2 unspecified atom stereocenters. The fraction of sp³-hybridized carbons (Fsp3) is 0.476. The van der Waals surface area contributed by atoms with Gasteiger partial charge in [-0.2, -0.15) is 0 Å². The molecular formula is C21H27N7O2. The highest BCUT2D eigenvalue weighted by atomic mass is 16.2. The number of hydrogen-bond donors (Lipinski definition) is 1. The normalized spacial score (nSPS) is 26.5. The molecule has 0 radical (unpaired) electrons. The SMILES string of the molecule is CC1=CN2C(=NC3C2C(=O)NC(=O)N3C)N1CCN1CCN(c2ccccc2)CC1. The third-order valence-corrected chi connectivity index (χ3v) is 6.40. The van der Waals surface area contributed by atoms with Crippen molar-refractivity contribution in [1.82, 2.24) is 24.9 Å². The fourth-order valence-electron chi connectivity index (χ4n) is 4.63. The molecule has 4 heterocycles. The number of allylic oxidation sites excluding steroid dienone is 1. The standard InChI is InChI=1S/C21H27N7O2/c1-15-14-28-17-18(24(2)21(30)23-19(17)29)22-20(28)27(15)13-10-25-8-11-26(12-9-25)16-6-4-3-5-7-16/h3-7,14,17-18H,8-13H2,1-2H3,(H,23,29,30). The minimum atomic E-state index is -0.489. The van der Waals surface area contributed by atoms with Gasteiger partial charge in [0.05, 0.1) is 0 Å². The third kappa shape index (κ3) is 3.09. The summed E-state index contributed by atoms with van der Waals surface area (Å²) in [4.78, 5) is 39.6. The Bertz CT molecular complexity index is 907. The molecule has 158 valence electrons. The van der Waals surface area contributed by atoms with Crippen molar-refractivity contribution in [3.05, 3.63) is 42.2 Å². The number of likely N-dealkylation sites (N-methyl/N-ethyl adjacent to an activating group) is 1. The number of aliphatic imine (C=N–C) groups is 1. The van der Waals surface area contributed by atoms with Crippen molar-refractivity contribution in [1.29, 1.82) is 0 Å². The van der Waals surface area contributed by atoms with Crippen molar-refractivity contribution in [3.63, 3.8) is 0 Å². The van der Waals surface area contributed by atoms with E-state index < -0.39 is 18.2 Å². The lowest BCUT2D eigenvalue weighted by molar-refractivity contribution is -0.126. The van der Waals surface area contributed by atoms with E-state index in [2.05, 4.69) is 44.3 Å². The monoisotopic (exact) mass is 409 g/mol. The summed E-state index contributed by atoms with van der Waals surface area (Å²) < 4.78 is 0. The van der Waals surface area contributed by atoms with Gasteiger partial charge < -0.3 is 19.6 Å². The predicted octanol–water partition coefficient (Wildman–Crippen LogP) is 0.533. The summed E-state index contributed by atoms with van der Waals surface area (Å²) in [7, 11) is 1.68. The number of para-hydroxylation sites is 1. The Morgan fingerprint density at radius 1 is 1.07 bits per heavy atom. The maximum atomic E-state index is 12.4. The molecule has 0 aliphatic carbocycles. The lowest BCUT2D eigenvalue weighted by Crippen LogP contribution is -2.62. The highest BCUT2D eigenvalue weighted by Crippen LogP contribution is 2.31. The number of benzene rings is 1. The molecule has 0 spiro atoms. The van der Waals surface area contributed by atoms with Crippen molar-refractivity contribution in [2.45, 2.75) is 19.1 Å². The van der Waals surface area contributed by atoms with Crippen LogP contribution in [0.5, 0.6) is 0 Å². The van der Waals surface area contributed by atoms with Gasteiger partial charge in [0.2, 0.25) is 5.96 Å². The largest absolute Gasteiger partial charge is 0.369 e. The number of piperazine rings is 1. The number of nitrogens with one attached hydrogen (secondary N) is 1. The molecule has 4 aliphatic heterocycles. The topological polar surface area (TPSA) is 74.7 Å². The molecule has 0 bridgehead atoms. The number of urea groups is 1. The molecule has 2 fully saturated rings. The number of carbonyl (C=O) groups excluding carboxylic acids is 2. The van der Waals surface area contributed by atoms with Gasteiger partial charge in [-0.3, -0.25) is 15.0 Å². The molecule has 5 rings (SSSR count). The number of nitrogens with zero attached hydrogens (tertiary/aromatic N) is 6. The first-order valence-electron chi connectivity index (χ1n) is 10.4. The maximum absolute atomic E-state index is 12.4. The van der Waals surface area contributed by atoms with Crippen molar-refractivity contribution in [2.75, 3.05) is 51.2 Å². The number of fused-ring (bicyclic) bond motifs is 3. The van der Waals surface area contributed by atoms with Crippen LogP contribution in [0.15, 0.2) is 47.2 Å². The molecule has 0 aromatic heterocycles. The van der Waals surface area contributed by atoms with Crippen LogP contribution in [0.3, 0.4) is 0 Å². The zero-order valence-corrected chi connectivity index (χ0v) is 17.4. The maximum Gasteiger partial charge on any atom is 0.325 e. The molecular weight excluding hydrogens is 382 g/mol. The summed E-state index contributed by atoms with van der Waals surface area (Å²) >= 11 is 0. The van der Waals surface area contributed by atoms with E-state index in [0.29, 0.717) is 0 Å². The first-order chi connectivity index (χ1) is 14.5. The number of hydrogen-bond acceptors (Lipinski definition) is 7. The summed E-state index contributed by atoms with van der Waals surface area (Å²) in [6, 6.07) is 9.67. The number of carbonyl (C=O) groups is 2. The Morgan fingerprint density at radius 2 is 1.80 bits per heavy atom. The van der Waals surface area contributed by atoms with E-state index in [1.54, 1.807) is 7.05 Å². The Morgan fingerprint density at radius 3 is 2.53 bits per heavy atom. The highest BCUT2D eigenvalue weighted by molar-refractivity contribution is 6.04. The predicted molar refractivity (Wildman–Crippen MR) is 114 cm³/mol. The second kappa shape index (κ2) is 7.32. The summed E-state index contributed by atoms with van der Waals surface area (Å²) in [6.07, 6.45) is 1.50. The van der Waals surface area contributed by atoms with Crippen LogP contribution in [0.2, 0.25) is 0 Å². The molecule has 0 saturated carbocycles. The third-order valence-electron chi connectivity index (χ3n) is 6.40. The van der Waals surface area contributed by atoms with Gasteiger partial charge in [0.15, 0.2) is 12.2 Å². The highest BCUT2D eigenvalue weighted by Gasteiger charge is 2.51. The van der Waals surface area contributed by atoms with Crippen LogP contribution in [0.1, 0.15) is 6.92 Å². The van der Waals surface area contributed by atoms with Crippen LogP contribution in [-0.2, 0) is 4.79 Å². The van der Waals surface area contributed by atoms with E-state index in [9.17, 15) is 9.59 Å². The summed E-state index contributed by atoms with van der Waals surface area (Å²) in [6.45, 7) is 7.85. The van der Waals surface area contributed by atoms with E-state index >= 15 is 0 Å². The molecule has 1 aromatic carbocycles. The van der Waals surface area contributed by atoms with Gasteiger partial charge in [-0.1, -0.05) is 18.2 Å². The Labute approximate surface area is 176 Å². The first kappa shape index (κ1) is 18.9. The molecule has 9 nitrogen and oxygen atoms in total. The van der Waals surface area contributed by atoms with E-state index in [-0.39, 0.29) is 5.91 Å². The van der Waals surface area contributed by atoms with Gasteiger partial charge in [-0.05, 0) is 19.1 Å². The van der Waals surface area contributed by atoms with Gasteiger partial charge in [0, 0.05) is 63.9 Å². The van der Waals surface area contributed by atoms with Crippen LogP contribution in [0.25, 0.3) is 0 Å². The van der Waals surface area contributed by atoms with Crippen LogP contribution < -0.4 is 10.2 Å². The van der Waals surface area contributed by atoms with Gasteiger partial charge in [-0.25, -0.2) is 9.79 Å². The average Bonchev–Trinajstić information content (AvgIpc) is 3.27. The van der Waals surface area contributed by atoms with E-state index in [1.807, 2.05) is 24.1 Å². The van der Waals surface area contributed by atoms with E-state index in [0.717, 1.165) is 50.9 Å². The minimum Gasteiger partial charge on any atom is -0.369 e. The summed E-state index contributed by atoms with van der Waals surface area (Å²) in [5.74, 6) is 0.479. The Hall–Kier alpha value is -3.07. The number of anilines is 1. The van der Waals surface area contributed by atoms with Gasteiger partial charge >= 0.3 is 6.03 Å². The zero-order valence-electron chi connectivity index (χ0n) is 17.4. The molecule has 3 amide bonds. The van der Waals surface area contributed by atoms with Gasteiger partial charge in [-0.15, -0.1) is 0 Å². The van der Waals surface area contributed by atoms with Crippen molar-refractivity contribution >= 4 is 23.6 Å². The first-order valence-corrected chi connectivity index (χ1v) is 10.4. The molecule has 2 saturated heterocycles. The quantitative estimate of drug-likeness (QED) is 0.782. The molecule has 1 N–H and O–H groups in total. The second-order valence-electron chi connectivity index (χ2n) is 8.19. The van der Waals surface area contributed by atoms with Crippen LogP contribution in [0.4, 0.5) is 10.5 Å². The molecule has 30 heavy (non-hydrogen) atoms. The minimum absolute atomic E-state index is 0.287. The van der Waals surface area contributed by atoms with Crippen molar-refractivity contribution < 1.29 is 9.59 Å². The molecule has 2 atom stereocenters.